The fraction of sp³-hybridized carbons (Fsp3) is 0.286. The summed E-state index contributed by atoms with van der Waals surface area (Å²) in [6.45, 7) is 3.78. The van der Waals surface area contributed by atoms with Crippen LogP contribution in [0.15, 0.2) is 71.9 Å². The predicted molar refractivity (Wildman–Crippen MR) is 107 cm³/mol. The topological polar surface area (TPSA) is 64.4 Å². The number of morpholine rings is 1. The molecule has 146 valence electrons. The van der Waals surface area contributed by atoms with Crippen molar-refractivity contribution in [1.29, 1.82) is 0 Å². The van der Waals surface area contributed by atoms with E-state index in [-0.39, 0.29) is 12.6 Å². The molecule has 1 aliphatic heterocycles. The zero-order valence-electron chi connectivity index (χ0n) is 15.7. The van der Waals surface area contributed by atoms with Gasteiger partial charge in [0.15, 0.2) is 0 Å². The smallest absolute Gasteiger partial charge is 0.243 e. The SMILES string of the molecule is CCn1cc([C@@H]2CN(S(=O)(=O)c3ccc(-c4ccccc4)cc3)CCO2)cn1. The molecule has 0 saturated carbocycles. The molecule has 0 N–H and O–H groups in total. The number of aromatic nitrogens is 2. The third kappa shape index (κ3) is 3.73. The van der Waals surface area contributed by atoms with Crippen molar-refractivity contribution in [2.45, 2.75) is 24.5 Å². The van der Waals surface area contributed by atoms with E-state index in [9.17, 15) is 8.42 Å². The first kappa shape index (κ1) is 18.9. The number of hydrogen-bond donors (Lipinski definition) is 0. The zero-order chi connectivity index (χ0) is 19.6. The van der Waals surface area contributed by atoms with E-state index in [0.717, 1.165) is 23.2 Å². The van der Waals surface area contributed by atoms with E-state index >= 15 is 0 Å². The molecule has 28 heavy (non-hydrogen) atoms. The Labute approximate surface area is 165 Å². The van der Waals surface area contributed by atoms with Gasteiger partial charge in [0.25, 0.3) is 0 Å². The highest BCUT2D eigenvalue weighted by atomic mass is 32.2. The van der Waals surface area contributed by atoms with Crippen LogP contribution in [0.5, 0.6) is 0 Å². The first-order chi connectivity index (χ1) is 13.6. The van der Waals surface area contributed by atoms with E-state index < -0.39 is 10.0 Å². The molecule has 2 aromatic carbocycles. The summed E-state index contributed by atoms with van der Waals surface area (Å²) in [5.74, 6) is 0. The monoisotopic (exact) mass is 397 g/mol. The molecule has 0 bridgehead atoms. The van der Waals surface area contributed by atoms with Gasteiger partial charge in [-0.05, 0) is 30.2 Å². The van der Waals surface area contributed by atoms with Crippen LogP contribution in [0.3, 0.4) is 0 Å². The summed E-state index contributed by atoms with van der Waals surface area (Å²) in [4.78, 5) is 0.303. The molecule has 1 saturated heterocycles. The van der Waals surface area contributed by atoms with Gasteiger partial charge in [-0.1, -0.05) is 42.5 Å². The van der Waals surface area contributed by atoms with Crippen LogP contribution in [-0.4, -0.2) is 42.2 Å². The van der Waals surface area contributed by atoms with Gasteiger partial charge < -0.3 is 4.74 Å². The van der Waals surface area contributed by atoms with Crippen LogP contribution in [0.1, 0.15) is 18.6 Å². The van der Waals surface area contributed by atoms with Gasteiger partial charge >= 0.3 is 0 Å². The molecule has 1 aliphatic rings. The minimum atomic E-state index is -3.57. The molecule has 0 spiro atoms. The fourth-order valence-electron chi connectivity index (χ4n) is 3.36. The largest absolute Gasteiger partial charge is 0.371 e. The second-order valence-corrected chi connectivity index (χ2v) is 8.68. The lowest BCUT2D eigenvalue weighted by molar-refractivity contribution is -0.00260. The van der Waals surface area contributed by atoms with Crippen molar-refractivity contribution in [3.63, 3.8) is 0 Å². The molecule has 0 unspecified atom stereocenters. The van der Waals surface area contributed by atoms with E-state index in [1.54, 1.807) is 18.3 Å². The van der Waals surface area contributed by atoms with Crippen molar-refractivity contribution in [1.82, 2.24) is 14.1 Å². The Kier molecular flexibility index (Phi) is 5.30. The molecular weight excluding hydrogens is 374 g/mol. The van der Waals surface area contributed by atoms with Crippen molar-refractivity contribution < 1.29 is 13.2 Å². The van der Waals surface area contributed by atoms with Crippen LogP contribution >= 0.6 is 0 Å². The normalized spacial score (nSPS) is 18.2. The number of aryl methyl sites for hydroxylation is 1. The van der Waals surface area contributed by atoms with E-state index in [0.29, 0.717) is 18.0 Å². The summed E-state index contributed by atoms with van der Waals surface area (Å²) >= 11 is 0. The minimum Gasteiger partial charge on any atom is -0.371 e. The first-order valence-corrected chi connectivity index (χ1v) is 10.8. The summed E-state index contributed by atoms with van der Waals surface area (Å²) in [7, 11) is -3.57. The summed E-state index contributed by atoms with van der Waals surface area (Å²) in [6, 6.07) is 17.0. The molecule has 4 rings (SSSR count). The first-order valence-electron chi connectivity index (χ1n) is 9.37. The average molecular weight is 398 g/mol. The van der Waals surface area contributed by atoms with Crippen LogP contribution in [0.25, 0.3) is 11.1 Å². The Morgan fingerprint density at radius 1 is 1.07 bits per heavy atom. The van der Waals surface area contributed by atoms with Crippen LogP contribution in [0.2, 0.25) is 0 Å². The van der Waals surface area contributed by atoms with Crippen LogP contribution in [0, 0.1) is 0 Å². The Bertz CT molecular complexity index is 1030. The second kappa shape index (κ2) is 7.87. The molecular formula is C21H23N3O3S. The summed E-state index contributed by atoms with van der Waals surface area (Å²) in [5.41, 5.74) is 2.96. The van der Waals surface area contributed by atoms with Gasteiger partial charge in [-0.25, -0.2) is 8.42 Å². The Morgan fingerprint density at radius 3 is 2.46 bits per heavy atom. The lowest BCUT2D eigenvalue weighted by Crippen LogP contribution is -2.42. The maximum atomic E-state index is 13.1. The molecule has 3 aromatic rings. The maximum absolute atomic E-state index is 13.1. The van der Waals surface area contributed by atoms with Crippen molar-refractivity contribution in [3.05, 3.63) is 72.6 Å². The number of hydrogen-bond acceptors (Lipinski definition) is 4. The second-order valence-electron chi connectivity index (χ2n) is 6.74. The van der Waals surface area contributed by atoms with Crippen molar-refractivity contribution >= 4 is 10.0 Å². The third-order valence-electron chi connectivity index (χ3n) is 4.98. The van der Waals surface area contributed by atoms with Gasteiger partial charge in [0, 0.05) is 31.4 Å². The molecule has 7 heteroatoms. The third-order valence-corrected chi connectivity index (χ3v) is 6.86. The summed E-state index contributed by atoms with van der Waals surface area (Å²) < 4.78 is 35.4. The average Bonchev–Trinajstić information content (AvgIpc) is 3.24. The lowest BCUT2D eigenvalue weighted by Gasteiger charge is -2.31. The van der Waals surface area contributed by atoms with Gasteiger partial charge in [-0.15, -0.1) is 0 Å². The minimum absolute atomic E-state index is 0.290. The highest BCUT2D eigenvalue weighted by molar-refractivity contribution is 7.89. The van der Waals surface area contributed by atoms with Gasteiger partial charge in [0.2, 0.25) is 10.0 Å². The standard InChI is InChI=1S/C21H23N3O3S/c1-2-23-15-19(14-22-23)21-16-24(12-13-27-21)28(25,26)20-10-8-18(9-11-20)17-6-4-3-5-7-17/h3-11,14-15,21H,2,12-13,16H2,1H3/t21-/m0/s1. The number of ether oxygens (including phenoxy) is 1. The van der Waals surface area contributed by atoms with Gasteiger partial charge in [0.1, 0.15) is 0 Å². The van der Waals surface area contributed by atoms with E-state index in [1.165, 1.54) is 4.31 Å². The van der Waals surface area contributed by atoms with Gasteiger partial charge in [0.05, 0.1) is 23.8 Å². The summed E-state index contributed by atoms with van der Waals surface area (Å²) in [6.07, 6.45) is 3.36. The molecule has 2 heterocycles. The van der Waals surface area contributed by atoms with Gasteiger partial charge in [-0.2, -0.15) is 9.40 Å². The Hall–Kier alpha value is -2.48. The molecule has 1 aromatic heterocycles. The maximum Gasteiger partial charge on any atom is 0.243 e. The molecule has 0 amide bonds. The number of rotatable bonds is 5. The predicted octanol–water partition coefficient (Wildman–Crippen LogP) is 3.33. The molecule has 0 radical (unpaired) electrons. The number of sulfonamides is 1. The van der Waals surface area contributed by atoms with Crippen LogP contribution in [-0.2, 0) is 21.3 Å². The quantitative estimate of drug-likeness (QED) is 0.662. The van der Waals surface area contributed by atoms with Crippen molar-refractivity contribution in [2.24, 2.45) is 0 Å². The molecule has 1 fully saturated rings. The van der Waals surface area contributed by atoms with Crippen molar-refractivity contribution in [3.8, 4) is 11.1 Å². The Morgan fingerprint density at radius 2 is 1.79 bits per heavy atom. The van der Waals surface area contributed by atoms with Crippen LogP contribution in [0.4, 0.5) is 0 Å². The summed E-state index contributed by atoms with van der Waals surface area (Å²) in [5, 5.41) is 4.26. The molecule has 0 aliphatic carbocycles. The molecule has 1 atom stereocenters. The fourth-order valence-corrected chi connectivity index (χ4v) is 4.79. The highest BCUT2D eigenvalue weighted by Gasteiger charge is 2.32. The van der Waals surface area contributed by atoms with Gasteiger partial charge in [-0.3, -0.25) is 4.68 Å². The lowest BCUT2D eigenvalue weighted by atomic mass is 10.1. The zero-order valence-corrected chi connectivity index (χ0v) is 16.5. The van der Waals surface area contributed by atoms with Crippen LogP contribution < -0.4 is 0 Å². The molecule has 6 nitrogen and oxygen atoms in total. The van der Waals surface area contributed by atoms with E-state index in [2.05, 4.69) is 5.10 Å². The van der Waals surface area contributed by atoms with E-state index in [1.807, 2.05) is 60.3 Å². The van der Waals surface area contributed by atoms with E-state index in [4.69, 9.17) is 4.74 Å². The number of benzene rings is 2. The highest BCUT2D eigenvalue weighted by Crippen LogP contribution is 2.27. The Balaban J connectivity index is 1.54. The number of nitrogens with zero attached hydrogens (tertiary/aromatic N) is 3. The van der Waals surface area contributed by atoms with Crippen molar-refractivity contribution in [2.75, 3.05) is 19.7 Å².